The predicted molar refractivity (Wildman–Crippen MR) is 184 cm³/mol. The van der Waals surface area contributed by atoms with Crippen LogP contribution in [0.4, 0.5) is 4.79 Å². The number of methoxy groups -OCH3 is 4. The van der Waals surface area contributed by atoms with Crippen LogP contribution >= 0.6 is 0 Å². The molecule has 0 saturated heterocycles. The lowest BCUT2D eigenvalue weighted by atomic mass is 9.95. The molecule has 4 aromatic rings. The molecule has 0 radical (unpaired) electrons. The van der Waals surface area contributed by atoms with Crippen LogP contribution in [0.15, 0.2) is 65.6 Å². The molecule has 0 saturated carbocycles. The standard InChI is InChI=1S/C37H42N4O9/c1-37(2,3)50-36(44)38-27(17-22-11-9-8-10-12-22)35(43)49-21-24-20-41(40-39-24)28-15-13-23-18-31(46-5)33(47-6)34(48-7)32(23)25-14-16-30(45-4)29(42)19-26(25)28/h8-12,14,16,18-20,27-28H,13,15,17,21H2,1-7H3,(H,38,44)/t27-,28-/m0/s1. The second kappa shape index (κ2) is 15.3. The highest BCUT2D eigenvalue weighted by molar-refractivity contribution is 5.83. The molecule has 1 amide bonds. The Labute approximate surface area is 290 Å². The summed E-state index contributed by atoms with van der Waals surface area (Å²) in [5, 5.41) is 11.3. The Balaban J connectivity index is 1.45. The summed E-state index contributed by atoms with van der Waals surface area (Å²) in [5.74, 6) is 0.930. The fourth-order valence-electron chi connectivity index (χ4n) is 5.99. The van der Waals surface area contributed by atoms with Crippen LogP contribution in [0.1, 0.15) is 55.6 Å². The van der Waals surface area contributed by atoms with Crippen molar-refractivity contribution in [3.8, 4) is 34.1 Å². The first-order valence-electron chi connectivity index (χ1n) is 16.1. The van der Waals surface area contributed by atoms with Crippen LogP contribution < -0.4 is 29.7 Å². The van der Waals surface area contributed by atoms with Gasteiger partial charge in [-0.15, -0.1) is 5.10 Å². The van der Waals surface area contributed by atoms with Gasteiger partial charge in [-0.1, -0.05) is 41.6 Å². The van der Waals surface area contributed by atoms with E-state index in [-0.39, 0.29) is 24.2 Å². The summed E-state index contributed by atoms with van der Waals surface area (Å²) in [6.45, 7) is 5.02. The summed E-state index contributed by atoms with van der Waals surface area (Å²) < 4.78 is 35.3. The Morgan fingerprint density at radius 3 is 2.32 bits per heavy atom. The molecular formula is C37H42N4O9. The molecule has 50 heavy (non-hydrogen) atoms. The van der Waals surface area contributed by atoms with Crippen LogP contribution in [-0.4, -0.2) is 67.1 Å². The van der Waals surface area contributed by atoms with E-state index in [1.54, 1.807) is 58.0 Å². The first-order chi connectivity index (χ1) is 24.0. The Kier molecular flexibility index (Phi) is 10.9. The van der Waals surface area contributed by atoms with Gasteiger partial charge in [-0.3, -0.25) is 4.79 Å². The van der Waals surface area contributed by atoms with Gasteiger partial charge in [0, 0.05) is 12.0 Å². The van der Waals surface area contributed by atoms with E-state index < -0.39 is 29.7 Å². The lowest BCUT2D eigenvalue weighted by Crippen LogP contribution is -2.45. The van der Waals surface area contributed by atoms with Crippen molar-refractivity contribution in [2.45, 2.75) is 64.3 Å². The molecule has 1 aliphatic rings. The van der Waals surface area contributed by atoms with Crippen molar-refractivity contribution in [1.29, 1.82) is 0 Å². The molecule has 13 heteroatoms. The minimum atomic E-state index is -1.01. The smallest absolute Gasteiger partial charge is 0.408 e. The number of nitrogens with zero attached hydrogens (tertiary/aromatic N) is 3. The zero-order chi connectivity index (χ0) is 36.0. The maximum Gasteiger partial charge on any atom is 0.408 e. The van der Waals surface area contributed by atoms with Crippen LogP contribution in [0, 0.1) is 0 Å². The van der Waals surface area contributed by atoms with E-state index in [0.717, 1.165) is 22.3 Å². The minimum Gasteiger partial charge on any atom is -0.493 e. The third kappa shape index (κ3) is 7.99. The van der Waals surface area contributed by atoms with E-state index in [9.17, 15) is 14.4 Å². The number of carbonyl (C=O) groups is 2. The summed E-state index contributed by atoms with van der Waals surface area (Å²) in [6, 6.07) is 14.7. The summed E-state index contributed by atoms with van der Waals surface area (Å²) in [7, 11) is 6.10. The number of benzene rings is 2. The molecular weight excluding hydrogens is 644 g/mol. The van der Waals surface area contributed by atoms with Crippen molar-refractivity contribution in [3.05, 3.63) is 93.4 Å². The van der Waals surface area contributed by atoms with Crippen LogP contribution in [0.2, 0.25) is 0 Å². The summed E-state index contributed by atoms with van der Waals surface area (Å²) >= 11 is 0. The number of hydrogen-bond donors (Lipinski definition) is 1. The highest BCUT2D eigenvalue weighted by atomic mass is 16.6. The molecule has 1 aliphatic carbocycles. The van der Waals surface area contributed by atoms with Crippen molar-refractivity contribution in [3.63, 3.8) is 0 Å². The number of alkyl carbamates (subject to hydrolysis) is 1. The van der Waals surface area contributed by atoms with Gasteiger partial charge in [-0.05, 0) is 74.1 Å². The van der Waals surface area contributed by atoms with E-state index in [2.05, 4.69) is 15.6 Å². The van der Waals surface area contributed by atoms with Crippen molar-refractivity contribution in [1.82, 2.24) is 20.3 Å². The molecule has 0 aliphatic heterocycles. The van der Waals surface area contributed by atoms with Crippen LogP contribution in [0.5, 0.6) is 23.0 Å². The quantitative estimate of drug-likeness (QED) is 0.211. The van der Waals surface area contributed by atoms with Crippen molar-refractivity contribution >= 4 is 12.1 Å². The lowest BCUT2D eigenvalue weighted by Gasteiger charge is -2.23. The second-order valence-electron chi connectivity index (χ2n) is 12.7. The van der Waals surface area contributed by atoms with E-state index in [1.807, 2.05) is 42.5 Å². The largest absolute Gasteiger partial charge is 0.493 e. The third-order valence-corrected chi connectivity index (χ3v) is 8.19. The maximum absolute atomic E-state index is 13.3. The number of aryl methyl sites for hydroxylation is 1. The number of fused-ring (bicyclic) bond motifs is 3. The molecule has 1 N–H and O–H groups in total. The van der Waals surface area contributed by atoms with Gasteiger partial charge in [0.25, 0.3) is 0 Å². The molecule has 5 rings (SSSR count). The van der Waals surface area contributed by atoms with E-state index in [4.69, 9.17) is 28.4 Å². The molecule has 2 atom stereocenters. The van der Waals surface area contributed by atoms with E-state index >= 15 is 0 Å². The second-order valence-corrected chi connectivity index (χ2v) is 12.7. The average molecular weight is 687 g/mol. The topological polar surface area (TPSA) is 149 Å². The van der Waals surface area contributed by atoms with Crippen molar-refractivity contribution < 1.29 is 38.0 Å². The number of ether oxygens (including phenoxy) is 6. The SMILES string of the molecule is COc1cc2c(c(OC)c1OC)-c1ccc(OC)c(=O)cc1[C@@H](n1cc(COC(=O)[C@H](Cc3ccccc3)NC(=O)OC(C)(C)C)nn1)CC2. The molecule has 264 valence electrons. The summed E-state index contributed by atoms with van der Waals surface area (Å²) in [5.41, 5.74) is 3.23. The molecule has 0 fully saturated rings. The number of hydrogen-bond acceptors (Lipinski definition) is 11. The molecule has 0 unspecified atom stereocenters. The molecule has 1 heterocycles. The Morgan fingerprint density at radius 2 is 1.66 bits per heavy atom. The summed E-state index contributed by atoms with van der Waals surface area (Å²) in [6.07, 6.45) is 2.25. The van der Waals surface area contributed by atoms with Gasteiger partial charge in [-0.25, -0.2) is 14.3 Å². The fourth-order valence-corrected chi connectivity index (χ4v) is 5.99. The monoisotopic (exact) mass is 686 g/mol. The average Bonchev–Trinajstić information content (AvgIpc) is 3.42. The Morgan fingerprint density at radius 1 is 0.940 bits per heavy atom. The molecule has 3 aromatic carbocycles. The predicted octanol–water partition coefficient (Wildman–Crippen LogP) is 5.05. The van der Waals surface area contributed by atoms with Gasteiger partial charge in [0.2, 0.25) is 11.2 Å². The molecule has 0 bridgehead atoms. The van der Waals surface area contributed by atoms with Crippen LogP contribution in [-0.2, 0) is 33.7 Å². The molecule has 1 aromatic heterocycles. The number of carbonyl (C=O) groups excluding carboxylic acids is 2. The first-order valence-corrected chi connectivity index (χ1v) is 16.1. The van der Waals surface area contributed by atoms with Crippen molar-refractivity contribution in [2.75, 3.05) is 28.4 Å². The summed E-state index contributed by atoms with van der Waals surface area (Å²) in [4.78, 5) is 39.2. The zero-order valence-electron chi connectivity index (χ0n) is 29.3. The minimum absolute atomic E-state index is 0.175. The first kappa shape index (κ1) is 35.7. The van der Waals surface area contributed by atoms with Crippen LogP contribution in [0.3, 0.4) is 0 Å². The van der Waals surface area contributed by atoms with Crippen molar-refractivity contribution in [2.24, 2.45) is 0 Å². The number of amides is 1. The highest BCUT2D eigenvalue weighted by Gasteiger charge is 2.31. The van der Waals surface area contributed by atoms with E-state index in [1.165, 1.54) is 14.2 Å². The third-order valence-electron chi connectivity index (χ3n) is 8.19. The Hall–Kier alpha value is -5.59. The molecule has 0 spiro atoms. The fraction of sp³-hybridized carbons (Fsp3) is 0.378. The van der Waals surface area contributed by atoms with E-state index in [0.29, 0.717) is 41.3 Å². The maximum atomic E-state index is 13.3. The number of esters is 1. The Bertz CT molecular complexity index is 1900. The van der Waals surface area contributed by atoms with Crippen LogP contribution in [0.25, 0.3) is 11.1 Å². The van der Waals surface area contributed by atoms with Gasteiger partial charge in [0.15, 0.2) is 17.2 Å². The van der Waals surface area contributed by atoms with Gasteiger partial charge >= 0.3 is 12.1 Å². The van der Waals surface area contributed by atoms with Gasteiger partial charge in [0.05, 0.1) is 40.7 Å². The number of aromatic nitrogens is 3. The van der Waals surface area contributed by atoms with Gasteiger partial charge in [-0.2, -0.15) is 0 Å². The van der Waals surface area contributed by atoms with Gasteiger partial charge < -0.3 is 33.7 Å². The molecule has 13 nitrogen and oxygen atoms in total. The zero-order valence-corrected chi connectivity index (χ0v) is 29.3. The van der Waals surface area contributed by atoms with Gasteiger partial charge in [0.1, 0.15) is 23.9 Å². The number of nitrogens with one attached hydrogen (secondary N) is 1. The lowest BCUT2D eigenvalue weighted by molar-refractivity contribution is -0.147. The normalized spacial score (nSPS) is 14.3. The highest BCUT2D eigenvalue weighted by Crippen LogP contribution is 2.50. The number of rotatable bonds is 11.